The Morgan fingerprint density at radius 1 is 1.50 bits per heavy atom. The predicted octanol–water partition coefficient (Wildman–Crippen LogP) is 1.42. The Labute approximate surface area is 98.8 Å². The zero-order chi connectivity index (χ0) is 12.1. The fourth-order valence-electron chi connectivity index (χ4n) is 2.23. The molecule has 1 aliphatic rings. The third kappa shape index (κ3) is 3.67. The second-order valence-corrected chi connectivity index (χ2v) is 4.98. The molecule has 1 rings (SSSR count). The first kappa shape index (κ1) is 13.3. The van der Waals surface area contributed by atoms with Gasteiger partial charge in [0.05, 0.1) is 0 Å². The van der Waals surface area contributed by atoms with Crippen LogP contribution in [0, 0.1) is 5.92 Å². The molecule has 4 heteroatoms. The number of carbonyl (C=O) groups is 1. The van der Waals surface area contributed by atoms with Gasteiger partial charge in [0, 0.05) is 25.2 Å². The molecule has 0 radical (unpaired) electrons. The van der Waals surface area contributed by atoms with Gasteiger partial charge in [0.15, 0.2) is 0 Å². The van der Waals surface area contributed by atoms with Crippen molar-refractivity contribution in [2.45, 2.75) is 46.2 Å². The van der Waals surface area contributed by atoms with Gasteiger partial charge in [0.2, 0.25) is 0 Å². The van der Waals surface area contributed by atoms with Crippen molar-refractivity contribution in [1.29, 1.82) is 0 Å². The fourth-order valence-corrected chi connectivity index (χ4v) is 2.23. The number of nitrogens with one attached hydrogen (secondary N) is 2. The molecule has 1 fully saturated rings. The van der Waals surface area contributed by atoms with Crippen molar-refractivity contribution in [2.75, 3.05) is 19.6 Å². The molecule has 2 atom stereocenters. The Morgan fingerprint density at radius 2 is 2.19 bits per heavy atom. The highest BCUT2D eigenvalue weighted by molar-refractivity contribution is 5.74. The number of hydrogen-bond donors (Lipinski definition) is 2. The third-order valence-electron chi connectivity index (χ3n) is 3.07. The molecule has 0 bridgehead atoms. The van der Waals surface area contributed by atoms with Crippen LogP contribution in [0.1, 0.15) is 34.1 Å². The normalized spacial score (nSPS) is 25.9. The minimum atomic E-state index is 0.0804. The summed E-state index contributed by atoms with van der Waals surface area (Å²) in [5, 5.41) is 6.42. The highest BCUT2D eigenvalue weighted by Crippen LogP contribution is 2.16. The quantitative estimate of drug-likeness (QED) is 0.766. The Morgan fingerprint density at radius 3 is 2.69 bits per heavy atom. The van der Waals surface area contributed by atoms with Gasteiger partial charge in [0.25, 0.3) is 0 Å². The van der Waals surface area contributed by atoms with Crippen molar-refractivity contribution < 1.29 is 4.79 Å². The fraction of sp³-hybridized carbons (Fsp3) is 0.917. The molecule has 16 heavy (non-hydrogen) atoms. The van der Waals surface area contributed by atoms with Crippen molar-refractivity contribution in [3.05, 3.63) is 0 Å². The lowest BCUT2D eigenvalue weighted by atomic mass is 9.94. The Kier molecular flexibility index (Phi) is 5.06. The monoisotopic (exact) mass is 227 g/mol. The lowest BCUT2D eigenvalue weighted by Crippen LogP contribution is -2.53. The van der Waals surface area contributed by atoms with Crippen LogP contribution in [0.4, 0.5) is 4.79 Å². The summed E-state index contributed by atoms with van der Waals surface area (Å²) in [6.45, 7) is 11.1. The molecule has 2 unspecified atom stereocenters. The van der Waals surface area contributed by atoms with Gasteiger partial charge >= 0.3 is 6.03 Å². The van der Waals surface area contributed by atoms with Crippen LogP contribution in [0.25, 0.3) is 0 Å². The third-order valence-corrected chi connectivity index (χ3v) is 3.07. The first-order valence-corrected chi connectivity index (χ1v) is 6.33. The van der Waals surface area contributed by atoms with E-state index in [1.807, 2.05) is 18.7 Å². The average Bonchev–Trinajstić information content (AvgIpc) is 2.20. The Hall–Kier alpha value is -0.770. The van der Waals surface area contributed by atoms with E-state index in [4.69, 9.17) is 0 Å². The standard InChI is InChI=1S/C12H25N3O/c1-5-13-11-6-7-15(8-10(11)4)12(16)14-9(2)3/h9-11,13H,5-8H2,1-4H3,(H,14,16). The van der Waals surface area contributed by atoms with Crippen molar-refractivity contribution >= 4 is 6.03 Å². The van der Waals surface area contributed by atoms with E-state index in [9.17, 15) is 4.79 Å². The molecule has 0 saturated carbocycles. The van der Waals surface area contributed by atoms with E-state index in [2.05, 4.69) is 24.5 Å². The highest BCUT2D eigenvalue weighted by Gasteiger charge is 2.27. The number of likely N-dealkylation sites (tertiary alicyclic amines) is 1. The van der Waals surface area contributed by atoms with Gasteiger partial charge in [-0.05, 0) is 32.7 Å². The van der Waals surface area contributed by atoms with Gasteiger partial charge in [-0.1, -0.05) is 13.8 Å². The number of urea groups is 1. The summed E-state index contributed by atoms with van der Waals surface area (Å²) < 4.78 is 0. The van der Waals surface area contributed by atoms with Crippen LogP contribution in [0.2, 0.25) is 0 Å². The molecule has 94 valence electrons. The van der Waals surface area contributed by atoms with Crippen LogP contribution in [-0.2, 0) is 0 Å². The van der Waals surface area contributed by atoms with Crippen LogP contribution < -0.4 is 10.6 Å². The highest BCUT2D eigenvalue weighted by atomic mass is 16.2. The smallest absolute Gasteiger partial charge is 0.317 e. The molecule has 0 aromatic carbocycles. The van der Waals surface area contributed by atoms with Gasteiger partial charge in [-0.25, -0.2) is 4.79 Å². The van der Waals surface area contributed by atoms with E-state index in [1.165, 1.54) is 0 Å². The summed E-state index contributed by atoms with van der Waals surface area (Å²) in [5.74, 6) is 0.534. The number of hydrogen-bond acceptors (Lipinski definition) is 2. The van der Waals surface area contributed by atoms with E-state index in [-0.39, 0.29) is 12.1 Å². The van der Waals surface area contributed by atoms with Gasteiger partial charge in [0.1, 0.15) is 0 Å². The van der Waals surface area contributed by atoms with Crippen LogP contribution in [0.3, 0.4) is 0 Å². The second-order valence-electron chi connectivity index (χ2n) is 4.98. The van der Waals surface area contributed by atoms with E-state index in [0.29, 0.717) is 12.0 Å². The molecule has 0 aromatic rings. The summed E-state index contributed by atoms with van der Waals surface area (Å²) in [7, 11) is 0. The Balaban J connectivity index is 2.41. The van der Waals surface area contributed by atoms with Crippen molar-refractivity contribution in [3.8, 4) is 0 Å². The summed E-state index contributed by atoms with van der Waals surface area (Å²) in [6.07, 6.45) is 1.06. The molecule has 4 nitrogen and oxygen atoms in total. The minimum Gasteiger partial charge on any atom is -0.336 e. The predicted molar refractivity (Wildman–Crippen MR) is 66.5 cm³/mol. The van der Waals surface area contributed by atoms with Crippen molar-refractivity contribution in [1.82, 2.24) is 15.5 Å². The zero-order valence-corrected chi connectivity index (χ0v) is 10.9. The van der Waals surface area contributed by atoms with E-state index in [0.717, 1.165) is 26.1 Å². The van der Waals surface area contributed by atoms with Gasteiger partial charge < -0.3 is 15.5 Å². The lowest BCUT2D eigenvalue weighted by molar-refractivity contribution is 0.149. The maximum atomic E-state index is 11.8. The number of piperidine rings is 1. The summed E-state index contributed by atoms with van der Waals surface area (Å²) in [4.78, 5) is 13.7. The molecule has 1 saturated heterocycles. The van der Waals surface area contributed by atoms with Crippen LogP contribution in [-0.4, -0.2) is 42.6 Å². The number of amides is 2. The summed E-state index contributed by atoms with van der Waals surface area (Å²) >= 11 is 0. The lowest BCUT2D eigenvalue weighted by Gasteiger charge is -2.37. The summed E-state index contributed by atoms with van der Waals surface area (Å²) in [6, 6.07) is 0.860. The topological polar surface area (TPSA) is 44.4 Å². The average molecular weight is 227 g/mol. The first-order chi connectivity index (χ1) is 7.54. The largest absolute Gasteiger partial charge is 0.336 e. The van der Waals surface area contributed by atoms with Gasteiger partial charge in [-0.2, -0.15) is 0 Å². The number of nitrogens with zero attached hydrogens (tertiary/aromatic N) is 1. The summed E-state index contributed by atoms with van der Waals surface area (Å²) in [5.41, 5.74) is 0. The van der Waals surface area contributed by atoms with E-state index in [1.54, 1.807) is 0 Å². The maximum absolute atomic E-state index is 11.8. The number of carbonyl (C=O) groups excluding carboxylic acids is 1. The van der Waals surface area contributed by atoms with Crippen LogP contribution >= 0.6 is 0 Å². The van der Waals surface area contributed by atoms with Crippen molar-refractivity contribution in [3.63, 3.8) is 0 Å². The minimum absolute atomic E-state index is 0.0804. The molecule has 2 amide bonds. The van der Waals surface area contributed by atoms with Gasteiger partial charge in [-0.15, -0.1) is 0 Å². The Bertz CT molecular complexity index is 230. The molecule has 2 N–H and O–H groups in total. The first-order valence-electron chi connectivity index (χ1n) is 6.33. The molecular formula is C12H25N3O. The van der Waals surface area contributed by atoms with Crippen LogP contribution in [0.15, 0.2) is 0 Å². The van der Waals surface area contributed by atoms with E-state index < -0.39 is 0 Å². The van der Waals surface area contributed by atoms with Gasteiger partial charge in [-0.3, -0.25) is 0 Å². The SMILES string of the molecule is CCNC1CCN(C(=O)NC(C)C)CC1C. The van der Waals surface area contributed by atoms with E-state index >= 15 is 0 Å². The van der Waals surface area contributed by atoms with Crippen molar-refractivity contribution in [2.24, 2.45) is 5.92 Å². The molecule has 1 aliphatic heterocycles. The molecule has 0 aliphatic carbocycles. The second kappa shape index (κ2) is 6.09. The molecule has 1 heterocycles. The molecule has 0 spiro atoms. The molecule has 0 aromatic heterocycles. The van der Waals surface area contributed by atoms with Crippen LogP contribution in [0.5, 0.6) is 0 Å². The maximum Gasteiger partial charge on any atom is 0.317 e. The molecular weight excluding hydrogens is 202 g/mol. The zero-order valence-electron chi connectivity index (χ0n) is 10.9. The number of rotatable bonds is 3.